The molecule has 0 heterocycles. The van der Waals surface area contributed by atoms with Crippen molar-refractivity contribution in [3.63, 3.8) is 0 Å². The van der Waals surface area contributed by atoms with E-state index in [1.54, 1.807) is 31.2 Å². The second kappa shape index (κ2) is 9.07. The van der Waals surface area contributed by atoms with E-state index in [1.807, 2.05) is 6.07 Å². The van der Waals surface area contributed by atoms with Crippen molar-refractivity contribution in [1.29, 1.82) is 0 Å². The summed E-state index contributed by atoms with van der Waals surface area (Å²) in [4.78, 5) is 23.7. The fourth-order valence-corrected chi connectivity index (χ4v) is 2.37. The molecular formula is C19H20F3N3O2. The fourth-order valence-electron chi connectivity index (χ4n) is 2.37. The summed E-state index contributed by atoms with van der Waals surface area (Å²) in [7, 11) is 0. The number of hydrogen-bond acceptors (Lipinski definition) is 2. The Morgan fingerprint density at radius 2 is 1.74 bits per heavy atom. The molecule has 0 radical (unpaired) electrons. The highest BCUT2D eigenvalue weighted by Gasteiger charge is 2.30. The van der Waals surface area contributed by atoms with Crippen molar-refractivity contribution < 1.29 is 22.8 Å². The molecule has 0 bridgehead atoms. The maximum absolute atomic E-state index is 12.8. The van der Waals surface area contributed by atoms with Crippen LogP contribution in [0.2, 0.25) is 0 Å². The van der Waals surface area contributed by atoms with Crippen LogP contribution < -0.4 is 16.0 Å². The van der Waals surface area contributed by atoms with Gasteiger partial charge >= 0.3 is 12.2 Å². The highest BCUT2D eigenvalue weighted by atomic mass is 19.4. The predicted octanol–water partition coefficient (Wildman–Crippen LogP) is 4.09. The largest absolute Gasteiger partial charge is 0.416 e. The lowest BCUT2D eigenvalue weighted by atomic mass is 10.0. The van der Waals surface area contributed by atoms with Crippen LogP contribution in [0.1, 0.15) is 30.5 Å². The molecule has 3 amide bonds. The van der Waals surface area contributed by atoms with E-state index in [2.05, 4.69) is 16.0 Å². The summed E-state index contributed by atoms with van der Waals surface area (Å²) in [5, 5.41) is 7.78. The van der Waals surface area contributed by atoms with E-state index in [9.17, 15) is 22.8 Å². The van der Waals surface area contributed by atoms with Gasteiger partial charge in [-0.2, -0.15) is 13.2 Å². The van der Waals surface area contributed by atoms with Gasteiger partial charge in [-0.1, -0.05) is 30.3 Å². The number of anilines is 1. The van der Waals surface area contributed by atoms with Gasteiger partial charge in [-0.05, 0) is 36.8 Å². The van der Waals surface area contributed by atoms with Gasteiger partial charge in [-0.25, -0.2) is 4.79 Å². The first-order chi connectivity index (χ1) is 12.8. The van der Waals surface area contributed by atoms with E-state index in [0.29, 0.717) is 11.3 Å². The summed E-state index contributed by atoms with van der Waals surface area (Å²) in [6.07, 6.45) is -4.43. The number of carbonyl (C=O) groups is 2. The number of hydrogen-bond donors (Lipinski definition) is 3. The number of para-hydroxylation sites is 1. The van der Waals surface area contributed by atoms with Crippen molar-refractivity contribution in [2.45, 2.75) is 25.6 Å². The minimum absolute atomic E-state index is 0.00547. The third-order valence-corrected chi connectivity index (χ3v) is 3.76. The molecule has 0 fully saturated rings. The van der Waals surface area contributed by atoms with Crippen LogP contribution in [0.5, 0.6) is 0 Å². The number of amides is 3. The number of carbonyl (C=O) groups excluding carboxylic acids is 2. The Hall–Kier alpha value is -3.03. The van der Waals surface area contributed by atoms with Crippen molar-refractivity contribution in [3.05, 3.63) is 65.7 Å². The Labute approximate surface area is 155 Å². The molecule has 2 rings (SSSR count). The molecule has 3 N–H and O–H groups in total. The first kappa shape index (κ1) is 20.3. The zero-order chi connectivity index (χ0) is 19.9. The average molecular weight is 379 g/mol. The molecule has 8 heteroatoms. The van der Waals surface area contributed by atoms with Crippen molar-refractivity contribution in [2.75, 3.05) is 11.9 Å². The van der Waals surface area contributed by atoms with Gasteiger partial charge in [0.2, 0.25) is 5.91 Å². The van der Waals surface area contributed by atoms with Gasteiger partial charge in [0.05, 0.1) is 11.6 Å². The molecule has 1 unspecified atom stereocenters. The van der Waals surface area contributed by atoms with Gasteiger partial charge in [-0.3, -0.25) is 4.79 Å². The van der Waals surface area contributed by atoms with Gasteiger partial charge < -0.3 is 16.0 Å². The fraction of sp³-hybridized carbons (Fsp3) is 0.263. The first-order valence-electron chi connectivity index (χ1n) is 8.32. The molecule has 5 nitrogen and oxygen atoms in total. The summed E-state index contributed by atoms with van der Waals surface area (Å²) >= 11 is 0. The van der Waals surface area contributed by atoms with Crippen molar-refractivity contribution >= 4 is 17.6 Å². The summed E-state index contributed by atoms with van der Waals surface area (Å²) < 4.78 is 38.3. The number of halogens is 3. The molecule has 0 saturated heterocycles. The van der Waals surface area contributed by atoms with Crippen LogP contribution in [0.25, 0.3) is 0 Å². The topological polar surface area (TPSA) is 70.2 Å². The van der Waals surface area contributed by atoms with Crippen LogP contribution in [0.4, 0.5) is 23.7 Å². The van der Waals surface area contributed by atoms with Gasteiger partial charge in [0, 0.05) is 18.7 Å². The summed E-state index contributed by atoms with van der Waals surface area (Å²) in [5.74, 6) is -0.375. The Bertz CT molecular complexity index is 779. The molecule has 0 aromatic heterocycles. The van der Waals surface area contributed by atoms with E-state index in [4.69, 9.17) is 0 Å². The second-order valence-electron chi connectivity index (χ2n) is 5.91. The highest BCUT2D eigenvalue weighted by molar-refractivity contribution is 5.89. The quantitative estimate of drug-likeness (QED) is 0.707. The monoisotopic (exact) mass is 379 g/mol. The van der Waals surface area contributed by atoms with Gasteiger partial charge in [0.15, 0.2) is 0 Å². The predicted molar refractivity (Wildman–Crippen MR) is 96.1 cm³/mol. The lowest BCUT2D eigenvalue weighted by Crippen LogP contribution is -2.34. The first-order valence-corrected chi connectivity index (χ1v) is 8.32. The summed E-state index contributed by atoms with van der Waals surface area (Å²) in [5.41, 5.74) is 0.214. The summed E-state index contributed by atoms with van der Waals surface area (Å²) in [6, 6.07) is 12.6. The van der Waals surface area contributed by atoms with Gasteiger partial charge in [0.1, 0.15) is 0 Å². The van der Waals surface area contributed by atoms with Gasteiger partial charge in [0.25, 0.3) is 0 Å². The number of alkyl halides is 3. The Morgan fingerprint density at radius 3 is 2.41 bits per heavy atom. The number of urea groups is 1. The van der Waals surface area contributed by atoms with Crippen LogP contribution >= 0.6 is 0 Å². The molecule has 0 saturated carbocycles. The number of nitrogens with one attached hydrogen (secondary N) is 3. The molecule has 144 valence electrons. The second-order valence-corrected chi connectivity index (χ2v) is 5.91. The van der Waals surface area contributed by atoms with Crippen LogP contribution in [0.15, 0.2) is 54.6 Å². The van der Waals surface area contributed by atoms with E-state index in [1.165, 1.54) is 12.1 Å². The minimum Gasteiger partial charge on any atom is -0.350 e. The third kappa shape index (κ3) is 6.65. The molecule has 2 aromatic carbocycles. The Balaban J connectivity index is 1.77. The molecule has 0 aliphatic heterocycles. The van der Waals surface area contributed by atoms with Crippen LogP contribution in [0.3, 0.4) is 0 Å². The zero-order valence-electron chi connectivity index (χ0n) is 14.6. The molecular weight excluding hydrogens is 359 g/mol. The maximum Gasteiger partial charge on any atom is 0.416 e. The average Bonchev–Trinajstić information content (AvgIpc) is 2.62. The highest BCUT2D eigenvalue weighted by Crippen LogP contribution is 2.30. The Kier molecular flexibility index (Phi) is 6.81. The van der Waals surface area contributed by atoms with Crippen molar-refractivity contribution in [3.8, 4) is 0 Å². The van der Waals surface area contributed by atoms with Crippen molar-refractivity contribution in [2.24, 2.45) is 0 Å². The Morgan fingerprint density at radius 1 is 1.04 bits per heavy atom. The SMILES string of the molecule is CC(NC(=O)CCNC(=O)Nc1ccccc1)c1cccc(C(F)(F)F)c1. The minimum atomic E-state index is -4.43. The lowest BCUT2D eigenvalue weighted by Gasteiger charge is -2.16. The van der Waals surface area contributed by atoms with E-state index < -0.39 is 23.8 Å². The number of rotatable bonds is 6. The molecule has 0 spiro atoms. The zero-order valence-corrected chi connectivity index (χ0v) is 14.6. The third-order valence-electron chi connectivity index (χ3n) is 3.76. The molecule has 2 aromatic rings. The smallest absolute Gasteiger partial charge is 0.350 e. The van der Waals surface area contributed by atoms with E-state index in [-0.39, 0.29) is 18.9 Å². The van der Waals surface area contributed by atoms with E-state index in [0.717, 1.165) is 12.1 Å². The normalized spacial score (nSPS) is 12.1. The standard InChI is InChI=1S/C19H20F3N3O2/c1-13(14-6-5-7-15(12-14)19(20,21)22)24-17(26)10-11-23-18(27)25-16-8-3-2-4-9-16/h2-9,12-13H,10-11H2,1H3,(H,24,26)(H2,23,25,27). The van der Waals surface area contributed by atoms with Gasteiger partial charge in [-0.15, -0.1) is 0 Å². The molecule has 0 aliphatic rings. The van der Waals surface area contributed by atoms with Crippen LogP contribution in [0, 0.1) is 0 Å². The lowest BCUT2D eigenvalue weighted by molar-refractivity contribution is -0.137. The summed E-state index contributed by atoms with van der Waals surface area (Å²) in [6.45, 7) is 1.70. The van der Waals surface area contributed by atoms with Crippen LogP contribution in [-0.2, 0) is 11.0 Å². The maximum atomic E-state index is 12.8. The van der Waals surface area contributed by atoms with E-state index >= 15 is 0 Å². The van der Waals surface area contributed by atoms with Crippen molar-refractivity contribution in [1.82, 2.24) is 10.6 Å². The molecule has 27 heavy (non-hydrogen) atoms. The molecule has 0 aliphatic carbocycles. The van der Waals surface area contributed by atoms with Crippen LogP contribution in [-0.4, -0.2) is 18.5 Å². The number of benzene rings is 2. The molecule has 1 atom stereocenters.